The number of aromatic amines is 1. The lowest BCUT2D eigenvalue weighted by atomic mass is 9.65. The van der Waals surface area contributed by atoms with Gasteiger partial charge in [-0.1, -0.05) is 32.9 Å². The number of benzene rings is 1. The van der Waals surface area contributed by atoms with E-state index < -0.39 is 0 Å². The molecule has 0 spiro atoms. The van der Waals surface area contributed by atoms with Gasteiger partial charge < -0.3 is 9.88 Å². The summed E-state index contributed by atoms with van der Waals surface area (Å²) in [4.78, 5) is 22.4. The van der Waals surface area contributed by atoms with E-state index in [4.69, 9.17) is 0 Å². The first-order valence-electron chi connectivity index (χ1n) is 8.11. The second-order valence-corrected chi connectivity index (χ2v) is 8.25. The molecule has 1 saturated carbocycles. The van der Waals surface area contributed by atoms with Crippen LogP contribution in [0.1, 0.15) is 40.0 Å². The minimum Gasteiger partial charge on any atom is -0.348 e. The Balaban J connectivity index is 1.80. The van der Waals surface area contributed by atoms with Crippen molar-refractivity contribution in [2.45, 2.75) is 46.1 Å². The summed E-state index contributed by atoms with van der Waals surface area (Å²) >= 11 is 0. The van der Waals surface area contributed by atoms with Crippen LogP contribution in [0.15, 0.2) is 29.1 Å². The van der Waals surface area contributed by atoms with Crippen LogP contribution >= 0.6 is 0 Å². The molecule has 4 heteroatoms. The molecule has 2 heterocycles. The fourth-order valence-electron chi connectivity index (χ4n) is 4.92. The molecule has 0 unspecified atom stereocenters. The lowest BCUT2D eigenvalue weighted by Crippen LogP contribution is -2.37. The molecular weight excluding hydrogens is 274 g/mol. The van der Waals surface area contributed by atoms with Crippen LogP contribution in [0.25, 0.3) is 11.0 Å². The molecule has 2 fully saturated rings. The van der Waals surface area contributed by atoms with Crippen LogP contribution in [0.2, 0.25) is 0 Å². The maximum atomic E-state index is 12.5. The number of hydrogen-bond acceptors (Lipinski definition) is 3. The molecule has 1 saturated heterocycles. The van der Waals surface area contributed by atoms with E-state index in [1.807, 2.05) is 24.3 Å². The summed E-state index contributed by atoms with van der Waals surface area (Å²) in [7, 11) is 0. The Morgan fingerprint density at radius 2 is 2.00 bits per heavy atom. The van der Waals surface area contributed by atoms with Gasteiger partial charge in [-0.2, -0.15) is 0 Å². The second-order valence-electron chi connectivity index (χ2n) is 8.25. The number of aromatic nitrogens is 2. The Morgan fingerprint density at radius 3 is 2.82 bits per heavy atom. The average molecular weight is 297 g/mol. The van der Waals surface area contributed by atoms with Crippen LogP contribution < -0.4 is 10.5 Å². The molecule has 1 aromatic heterocycles. The first kappa shape index (κ1) is 13.8. The Morgan fingerprint density at radius 1 is 1.23 bits per heavy atom. The molecule has 22 heavy (non-hydrogen) atoms. The number of anilines is 1. The van der Waals surface area contributed by atoms with Crippen molar-refractivity contribution in [2.24, 2.45) is 10.8 Å². The first-order valence-corrected chi connectivity index (χ1v) is 8.11. The lowest BCUT2D eigenvalue weighted by molar-refractivity contribution is 0.136. The van der Waals surface area contributed by atoms with E-state index in [1.54, 1.807) is 0 Å². The normalized spacial score (nSPS) is 30.0. The van der Waals surface area contributed by atoms with Gasteiger partial charge >= 0.3 is 0 Å². The fraction of sp³-hybridized carbons (Fsp3) is 0.556. The Labute approximate surface area is 130 Å². The van der Waals surface area contributed by atoms with E-state index in [9.17, 15) is 4.79 Å². The van der Waals surface area contributed by atoms with Crippen molar-refractivity contribution >= 4 is 16.9 Å². The van der Waals surface area contributed by atoms with E-state index in [0.29, 0.717) is 22.7 Å². The predicted molar refractivity (Wildman–Crippen MR) is 89.2 cm³/mol. The highest BCUT2D eigenvalue weighted by atomic mass is 16.1. The molecule has 2 bridgehead atoms. The molecule has 4 rings (SSSR count). The minimum absolute atomic E-state index is 0.0624. The van der Waals surface area contributed by atoms with Crippen molar-refractivity contribution in [2.75, 3.05) is 11.4 Å². The van der Waals surface area contributed by atoms with Crippen molar-refractivity contribution < 1.29 is 0 Å². The van der Waals surface area contributed by atoms with E-state index >= 15 is 0 Å². The van der Waals surface area contributed by atoms with Crippen molar-refractivity contribution in [3.05, 3.63) is 34.6 Å². The number of nitrogens with one attached hydrogen (secondary N) is 1. The summed E-state index contributed by atoms with van der Waals surface area (Å²) in [6, 6.07) is 8.18. The van der Waals surface area contributed by atoms with E-state index in [1.165, 1.54) is 12.8 Å². The molecule has 2 aromatic rings. The zero-order valence-corrected chi connectivity index (χ0v) is 13.5. The van der Waals surface area contributed by atoms with Crippen molar-refractivity contribution in [1.29, 1.82) is 0 Å². The average Bonchev–Trinajstić information content (AvgIpc) is 2.67. The van der Waals surface area contributed by atoms with Crippen molar-refractivity contribution in [1.82, 2.24) is 9.97 Å². The summed E-state index contributed by atoms with van der Waals surface area (Å²) in [6.45, 7) is 7.99. The number of fused-ring (bicyclic) bond motifs is 3. The third-order valence-corrected chi connectivity index (χ3v) is 5.27. The van der Waals surface area contributed by atoms with Gasteiger partial charge in [0.15, 0.2) is 5.82 Å². The van der Waals surface area contributed by atoms with Gasteiger partial charge in [0.05, 0.1) is 11.0 Å². The van der Waals surface area contributed by atoms with Gasteiger partial charge in [-0.15, -0.1) is 0 Å². The first-order chi connectivity index (χ1) is 10.4. The van der Waals surface area contributed by atoms with Gasteiger partial charge in [0.2, 0.25) is 0 Å². The van der Waals surface area contributed by atoms with Crippen LogP contribution in [0, 0.1) is 10.8 Å². The summed E-state index contributed by atoms with van der Waals surface area (Å²) in [5, 5.41) is 0. The molecule has 2 aliphatic rings. The van der Waals surface area contributed by atoms with Crippen LogP contribution in [0.4, 0.5) is 5.82 Å². The zero-order valence-electron chi connectivity index (χ0n) is 13.5. The predicted octanol–water partition coefficient (Wildman–Crippen LogP) is 3.33. The highest BCUT2D eigenvalue weighted by Gasteiger charge is 2.50. The number of nitrogens with zero attached hydrogens (tertiary/aromatic N) is 2. The van der Waals surface area contributed by atoms with Gasteiger partial charge in [0.25, 0.3) is 5.56 Å². The van der Waals surface area contributed by atoms with Crippen molar-refractivity contribution in [3.63, 3.8) is 0 Å². The van der Waals surface area contributed by atoms with Crippen LogP contribution in [0.3, 0.4) is 0 Å². The SMILES string of the molecule is CC1(C)C[C@@H]2C[C@@](C)(CN2c2nc3ccccc3[nH]c2=O)C1. The summed E-state index contributed by atoms with van der Waals surface area (Å²) < 4.78 is 0. The molecular formula is C18H23N3O. The van der Waals surface area contributed by atoms with Crippen LogP contribution in [0.5, 0.6) is 0 Å². The Kier molecular flexibility index (Phi) is 2.72. The van der Waals surface area contributed by atoms with Crippen LogP contribution in [-0.2, 0) is 0 Å². The van der Waals surface area contributed by atoms with Gasteiger partial charge in [0.1, 0.15) is 0 Å². The van der Waals surface area contributed by atoms with Crippen molar-refractivity contribution in [3.8, 4) is 0 Å². The Bertz CT molecular complexity index is 794. The van der Waals surface area contributed by atoms with Gasteiger partial charge in [-0.25, -0.2) is 4.98 Å². The monoisotopic (exact) mass is 297 g/mol. The maximum absolute atomic E-state index is 12.5. The standard InChI is InChI=1S/C18H23N3O/c1-17(2)8-12-9-18(3,10-17)11-21(12)15-16(22)20-14-7-5-4-6-13(14)19-15/h4-7,12H,8-11H2,1-3H3,(H,20,22)/t12-,18-/m1/s1. The largest absolute Gasteiger partial charge is 0.348 e. The molecule has 2 atom stereocenters. The second kappa shape index (κ2) is 4.34. The van der Waals surface area contributed by atoms with E-state index in [2.05, 4.69) is 35.6 Å². The van der Waals surface area contributed by atoms with Gasteiger partial charge in [0, 0.05) is 12.6 Å². The van der Waals surface area contributed by atoms with Crippen LogP contribution in [-0.4, -0.2) is 22.6 Å². The molecule has 116 valence electrons. The number of para-hydroxylation sites is 2. The number of H-pyrrole nitrogens is 1. The third kappa shape index (κ3) is 2.13. The molecule has 1 aromatic carbocycles. The van der Waals surface area contributed by atoms with Gasteiger partial charge in [-0.3, -0.25) is 4.79 Å². The molecule has 0 radical (unpaired) electrons. The summed E-state index contributed by atoms with van der Waals surface area (Å²) in [5.74, 6) is 0.602. The zero-order chi connectivity index (χ0) is 15.5. The fourth-order valence-corrected chi connectivity index (χ4v) is 4.92. The molecule has 0 amide bonds. The Hall–Kier alpha value is -1.84. The van der Waals surface area contributed by atoms with Gasteiger partial charge in [-0.05, 0) is 42.2 Å². The molecule has 1 aliphatic heterocycles. The molecule has 1 N–H and O–H groups in total. The topological polar surface area (TPSA) is 49.0 Å². The third-order valence-electron chi connectivity index (χ3n) is 5.27. The smallest absolute Gasteiger partial charge is 0.291 e. The number of rotatable bonds is 1. The lowest BCUT2D eigenvalue weighted by Gasteiger charge is -2.39. The van der Waals surface area contributed by atoms with E-state index in [-0.39, 0.29) is 5.56 Å². The van der Waals surface area contributed by atoms with E-state index in [0.717, 1.165) is 24.0 Å². The molecule has 4 nitrogen and oxygen atoms in total. The quantitative estimate of drug-likeness (QED) is 0.878. The molecule has 1 aliphatic carbocycles. The number of hydrogen-bond donors (Lipinski definition) is 1. The summed E-state index contributed by atoms with van der Waals surface area (Å²) in [6.07, 6.45) is 3.53. The summed E-state index contributed by atoms with van der Waals surface area (Å²) in [5.41, 5.74) is 2.25. The minimum atomic E-state index is -0.0624. The highest BCUT2D eigenvalue weighted by molar-refractivity contribution is 5.75. The maximum Gasteiger partial charge on any atom is 0.291 e. The highest BCUT2D eigenvalue weighted by Crippen LogP contribution is 2.52.